The van der Waals surface area contributed by atoms with E-state index in [0.29, 0.717) is 0 Å². The largest absolute Gasteiger partial charge is 0.463 e. The van der Waals surface area contributed by atoms with Crippen molar-refractivity contribution in [3.63, 3.8) is 0 Å². The van der Waals surface area contributed by atoms with Gasteiger partial charge in [0.05, 0.1) is 12.0 Å². The van der Waals surface area contributed by atoms with Crippen molar-refractivity contribution in [2.45, 2.75) is 63.9 Å². The molecule has 152 valence electrons. The Bertz CT molecular complexity index is 765. The molecule has 0 radical (unpaired) electrons. The number of hydrogen-bond donors (Lipinski definition) is 0. The summed E-state index contributed by atoms with van der Waals surface area (Å²) in [5.74, 6) is -2.01. The molecule has 2 aliphatic heterocycles. The second-order valence-corrected chi connectivity index (χ2v) is 7.85. The molecule has 0 saturated carbocycles. The molecule has 3 aliphatic rings. The van der Waals surface area contributed by atoms with E-state index in [-0.39, 0.29) is 30.3 Å². The number of esters is 3. The molecule has 0 bridgehead atoms. The van der Waals surface area contributed by atoms with Crippen LogP contribution in [-0.4, -0.2) is 48.4 Å². The minimum atomic E-state index is -0.750. The Morgan fingerprint density at radius 3 is 2.71 bits per heavy atom. The summed E-state index contributed by atoms with van der Waals surface area (Å²) in [6.07, 6.45) is 2.24. The van der Waals surface area contributed by atoms with Crippen molar-refractivity contribution in [2.24, 2.45) is 5.92 Å². The number of ether oxygens (including phenoxy) is 4. The fourth-order valence-electron chi connectivity index (χ4n) is 3.88. The Kier molecular flexibility index (Phi) is 5.48. The highest BCUT2D eigenvalue weighted by Crippen LogP contribution is 2.48. The summed E-state index contributed by atoms with van der Waals surface area (Å²) in [4.78, 5) is 35.8. The van der Waals surface area contributed by atoms with Crippen LogP contribution in [0.1, 0.15) is 40.0 Å². The first-order valence-corrected chi connectivity index (χ1v) is 9.37. The number of carbonyl (C=O) groups is 3. The van der Waals surface area contributed by atoms with Crippen LogP contribution in [0.4, 0.5) is 0 Å². The number of allylic oxidation sites excluding steroid dienone is 1. The highest BCUT2D eigenvalue weighted by Gasteiger charge is 2.60. The number of epoxide rings is 1. The van der Waals surface area contributed by atoms with Gasteiger partial charge in [-0.25, -0.2) is 9.59 Å². The van der Waals surface area contributed by atoms with Crippen LogP contribution in [0.5, 0.6) is 0 Å². The Balaban J connectivity index is 1.95. The van der Waals surface area contributed by atoms with Gasteiger partial charge in [-0.3, -0.25) is 4.79 Å². The van der Waals surface area contributed by atoms with Crippen LogP contribution in [0, 0.1) is 5.92 Å². The molecule has 7 heteroatoms. The summed E-state index contributed by atoms with van der Waals surface area (Å²) in [5, 5.41) is 0. The molecular weight excluding hydrogens is 364 g/mol. The van der Waals surface area contributed by atoms with Gasteiger partial charge in [-0.1, -0.05) is 18.7 Å². The average molecular weight is 390 g/mol. The van der Waals surface area contributed by atoms with Crippen molar-refractivity contribution in [2.75, 3.05) is 6.61 Å². The predicted molar refractivity (Wildman–Crippen MR) is 99.0 cm³/mol. The summed E-state index contributed by atoms with van der Waals surface area (Å²) >= 11 is 0. The van der Waals surface area contributed by atoms with Crippen LogP contribution in [-0.2, 0) is 33.3 Å². The van der Waals surface area contributed by atoms with Crippen LogP contribution >= 0.6 is 0 Å². The maximum atomic E-state index is 12.3. The van der Waals surface area contributed by atoms with E-state index in [2.05, 4.69) is 13.2 Å². The van der Waals surface area contributed by atoms with Crippen molar-refractivity contribution >= 4 is 17.9 Å². The van der Waals surface area contributed by atoms with E-state index in [1.54, 1.807) is 6.92 Å². The van der Waals surface area contributed by atoms with E-state index in [9.17, 15) is 14.4 Å². The lowest BCUT2D eigenvalue weighted by Crippen LogP contribution is -2.39. The van der Waals surface area contributed by atoms with Gasteiger partial charge in [0.15, 0.2) is 0 Å². The highest BCUT2D eigenvalue weighted by atomic mass is 16.6. The van der Waals surface area contributed by atoms with Gasteiger partial charge in [0.25, 0.3) is 0 Å². The van der Waals surface area contributed by atoms with Gasteiger partial charge in [-0.05, 0) is 32.8 Å². The third kappa shape index (κ3) is 4.04. The Morgan fingerprint density at radius 2 is 2.07 bits per heavy atom. The Labute approximate surface area is 164 Å². The molecule has 0 unspecified atom stereocenters. The molecule has 5 atom stereocenters. The molecule has 2 saturated heterocycles. The van der Waals surface area contributed by atoms with Crippen LogP contribution in [0.3, 0.4) is 0 Å². The fraction of sp³-hybridized carbons (Fsp3) is 0.571. The van der Waals surface area contributed by atoms with Crippen LogP contribution in [0.25, 0.3) is 0 Å². The van der Waals surface area contributed by atoms with Gasteiger partial charge in [0.1, 0.15) is 24.4 Å². The molecule has 2 heterocycles. The average Bonchev–Trinajstić information content (AvgIpc) is 3.22. The predicted octanol–water partition coefficient (Wildman–Crippen LogP) is 2.40. The van der Waals surface area contributed by atoms with Crippen molar-refractivity contribution < 1.29 is 33.3 Å². The number of fused-ring (bicyclic) bond motifs is 2. The lowest BCUT2D eigenvalue weighted by molar-refractivity contribution is -0.151. The minimum Gasteiger partial charge on any atom is -0.463 e. The number of carbonyl (C=O) groups excluding carboxylic acids is 3. The molecule has 0 aromatic heterocycles. The van der Waals surface area contributed by atoms with E-state index in [1.807, 2.05) is 13.0 Å². The highest BCUT2D eigenvalue weighted by molar-refractivity contribution is 5.91. The van der Waals surface area contributed by atoms with Gasteiger partial charge < -0.3 is 18.9 Å². The topological polar surface area (TPSA) is 91.4 Å². The molecule has 1 aliphatic carbocycles. The molecule has 0 spiro atoms. The van der Waals surface area contributed by atoms with Crippen molar-refractivity contribution in [3.05, 3.63) is 36.0 Å². The van der Waals surface area contributed by atoms with E-state index < -0.39 is 41.6 Å². The van der Waals surface area contributed by atoms with Gasteiger partial charge in [0.2, 0.25) is 0 Å². The van der Waals surface area contributed by atoms with Gasteiger partial charge in [-0.15, -0.1) is 0 Å². The summed E-state index contributed by atoms with van der Waals surface area (Å²) in [5.41, 5.74) is 0.800. The zero-order chi connectivity index (χ0) is 20.6. The van der Waals surface area contributed by atoms with Crippen molar-refractivity contribution in [1.82, 2.24) is 0 Å². The molecule has 3 rings (SSSR count). The molecule has 2 fully saturated rings. The van der Waals surface area contributed by atoms with Gasteiger partial charge >= 0.3 is 17.9 Å². The number of hydrogen-bond acceptors (Lipinski definition) is 7. The monoisotopic (exact) mass is 390 g/mol. The van der Waals surface area contributed by atoms with Crippen LogP contribution < -0.4 is 0 Å². The maximum Gasteiger partial charge on any atom is 0.334 e. The summed E-state index contributed by atoms with van der Waals surface area (Å²) in [6.45, 7) is 12.4. The second kappa shape index (κ2) is 7.54. The van der Waals surface area contributed by atoms with Gasteiger partial charge in [0, 0.05) is 24.5 Å². The van der Waals surface area contributed by atoms with E-state index >= 15 is 0 Å². The lowest BCUT2D eigenvalue weighted by atomic mass is 9.82. The van der Waals surface area contributed by atoms with Crippen molar-refractivity contribution in [3.8, 4) is 0 Å². The first kappa shape index (κ1) is 20.3. The smallest absolute Gasteiger partial charge is 0.334 e. The molecule has 0 aromatic rings. The Morgan fingerprint density at radius 1 is 1.36 bits per heavy atom. The SMILES string of the molecule is C=C(C)C(=O)O[C@H]1C[C@]2(COC(C)=O)O[C@@H]2CC/C(C)=C/[C@H]2OC(=O)C(=C)[C@H]12. The van der Waals surface area contributed by atoms with Crippen molar-refractivity contribution in [1.29, 1.82) is 0 Å². The molecular formula is C21H26O7. The second-order valence-electron chi connectivity index (χ2n) is 7.85. The van der Waals surface area contributed by atoms with Gasteiger partial charge in [-0.2, -0.15) is 0 Å². The first-order chi connectivity index (χ1) is 13.1. The van der Waals surface area contributed by atoms with E-state index in [1.165, 1.54) is 6.92 Å². The lowest BCUT2D eigenvalue weighted by Gasteiger charge is -2.29. The Hall–Kier alpha value is -2.41. The minimum absolute atomic E-state index is 0.0650. The molecule has 0 amide bonds. The van der Waals surface area contributed by atoms with E-state index in [4.69, 9.17) is 18.9 Å². The summed E-state index contributed by atoms with van der Waals surface area (Å²) in [6, 6.07) is 0. The normalized spacial score (nSPS) is 36.2. The number of rotatable bonds is 4. The molecule has 0 aromatic carbocycles. The first-order valence-electron chi connectivity index (χ1n) is 9.37. The zero-order valence-electron chi connectivity index (χ0n) is 16.5. The quantitative estimate of drug-likeness (QED) is 0.239. The summed E-state index contributed by atoms with van der Waals surface area (Å²) < 4.78 is 22.3. The standard InChI is InChI=1S/C21H26O7/c1-11(2)19(23)27-16-9-21(10-25-14(5)22)17(28-21)7-6-12(3)8-15-18(16)13(4)20(24)26-15/h8,15-18H,1,4,6-7,9-10H2,2-3,5H3/b12-8+/t15-,16+,17-,18+,21-/m1/s1. The summed E-state index contributed by atoms with van der Waals surface area (Å²) in [7, 11) is 0. The molecule has 7 nitrogen and oxygen atoms in total. The van der Waals surface area contributed by atoms with Crippen LogP contribution in [0.2, 0.25) is 0 Å². The fourth-order valence-corrected chi connectivity index (χ4v) is 3.88. The third-order valence-corrected chi connectivity index (χ3v) is 5.49. The van der Waals surface area contributed by atoms with Crippen LogP contribution in [0.15, 0.2) is 36.0 Å². The molecule has 0 N–H and O–H groups in total. The molecule has 28 heavy (non-hydrogen) atoms. The van der Waals surface area contributed by atoms with E-state index in [0.717, 1.165) is 18.4 Å². The zero-order valence-corrected chi connectivity index (χ0v) is 16.5. The maximum absolute atomic E-state index is 12.3. The third-order valence-electron chi connectivity index (χ3n) is 5.49.